The molecule has 0 bridgehead atoms. The van der Waals surface area contributed by atoms with Gasteiger partial charge in [-0.05, 0) is 30.7 Å². The number of aromatic nitrogens is 2. The molecule has 0 aliphatic rings. The van der Waals surface area contributed by atoms with Gasteiger partial charge in [0.1, 0.15) is 6.20 Å². The van der Waals surface area contributed by atoms with Gasteiger partial charge in [0.15, 0.2) is 12.2 Å². The maximum absolute atomic E-state index is 12.8. The van der Waals surface area contributed by atoms with Gasteiger partial charge in [0.25, 0.3) is 11.3 Å². The first kappa shape index (κ1) is 17.6. The van der Waals surface area contributed by atoms with Crippen molar-refractivity contribution in [3.63, 3.8) is 0 Å². The van der Waals surface area contributed by atoms with Crippen LogP contribution >= 0.6 is 0 Å². The standard InChI is InChI=1S/C22H18N3O3/c1-16-7-12-22-23(13-16)14-20(17-8-10-19(11-9-17)25(27)28)24(22)15-21(26)18-5-3-2-4-6-18/h2-14H,15H2,1H3/q+1. The number of benzene rings is 2. The fourth-order valence-corrected chi connectivity index (χ4v) is 3.29. The number of nitro benzene ring substituents is 1. The lowest BCUT2D eigenvalue weighted by atomic mass is 10.1. The summed E-state index contributed by atoms with van der Waals surface area (Å²) in [5.74, 6) is 0.00226. The molecule has 0 unspecified atom stereocenters. The lowest BCUT2D eigenvalue weighted by Crippen LogP contribution is -2.20. The number of hydrogen-bond donors (Lipinski definition) is 0. The SMILES string of the molecule is Cc1ccc2n(CC(=O)c3ccccc3)c(-c3ccc([N+](=O)[O-])cc3)c[n+]2c1. The number of imidazole rings is 1. The Kier molecular flexibility index (Phi) is 4.45. The highest BCUT2D eigenvalue weighted by Gasteiger charge is 2.22. The fraction of sp³-hybridized carbons (Fsp3) is 0.0909. The highest BCUT2D eigenvalue weighted by molar-refractivity contribution is 5.96. The number of pyridine rings is 1. The molecule has 2 aromatic carbocycles. The first-order valence-corrected chi connectivity index (χ1v) is 8.87. The summed E-state index contributed by atoms with van der Waals surface area (Å²) in [6.45, 7) is 2.18. The average molecular weight is 372 g/mol. The minimum atomic E-state index is -0.420. The molecule has 0 fully saturated rings. The molecule has 4 rings (SSSR count). The Morgan fingerprint density at radius 2 is 1.71 bits per heavy atom. The third-order valence-electron chi connectivity index (χ3n) is 4.70. The maximum atomic E-state index is 12.8. The summed E-state index contributed by atoms with van der Waals surface area (Å²) >= 11 is 0. The van der Waals surface area contributed by atoms with Gasteiger partial charge in [-0.25, -0.2) is 8.97 Å². The molecule has 4 aromatic rings. The second-order valence-electron chi connectivity index (χ2n) is 6.67. The van der Waals surface area contributed by atoms with E-state index in [0.717, 1.165) is 22.5 Å². The van der Waals surface area contributed by atoms with E-state index in [1.54, 1.807) is 24.3 Å². The van der Waals surface area contributed by atoms with E-state index in [1.807, 2.05) is 58.6 Å². The molecule has 28 heavy (non-hydrogen) atoms. The van der Waals surface area contributed by atoms with Crippen molar-refractivity contribution < 1.29 is 14.1 Å². The average Bonchev–Trinajstić information content (AvgIpc) is 3.06. The molecule has 6 heteroatoms. The number of Topliss-reactive ketones (excluding diaryl/α,β-unsaturated/α-hetero) is 1. The van der Waals surface area contributed by atoms with Crippen molar-refractivity contribution in [2.24, 2.45) is 0 Å². The van der Waals surface area contributed by atoms with Gasteiger partial charge in [0.2, 0.25) is 5.78 Å². The molecule has 2 heterocycles. The third-order valence-corrected chi connectivity index (χ3v) is 4.70. The van der Waals surface area contributed by atoms with Crippen LogP contribution in [0.25, 0.3) is 16.9 Å². The third kappa shape index (κ3) is 3.27. The summed E-state index contributed by atoms with van der Waals surface area (Å²) in [5, 5.41) is 10.9. The zero-order chi connectivity index (χ0) is 19.7. The highest BCUT2D eigenvalue weighted by atomic mass is 16.6. The van der Waals surface area contributed by atoms with E-state index in [-0.39, 0.29) is 18.0 Å². The van der Waals surface area contributed by atoms with Crippen molar-refractivity contribution in [2.75, 3.05) is 0 Å². The number of rotatable bonds is 5. The largest absolute Gasteiger partial charge is 0.290 e. The van der Waals surface area contributed by atoms with Crippen LogP contribution in [0.15, 0.2) is 79.1 Å². The van der Waals surface area contributed by atoms with Crippen molar-refractivity contribution in [3.05, 3.63) is 100 Å². The molecule has 0 saturated heterocycles. The molecule has 0 spiro atoms. The molecular weight excluding hydrogens is 354 g/mol. The Bertz CT molecular complexity index is 1180. The van der Waals surface area contributed by atoms with Crippen LogP contribution in [0.2, 0.25) is 0 Å². The first-order valence-electron chi connectivity index (χ1n) is 8.87. The minimum Gasteiger partial charge on any atom is -0.290 e. The molecule has 2 aromatic heterocycles. The molecule has 0 aliphatic heterocycles. The highest BCUT2D eigenvalue weighted by Crippen LogP contribution is 2.24. The van der Waals surface area contributed by atoms with Gasteiger partial charge in [-0.15, -0.1) is 0 Å². The van der Waals surface area contributed by atoms with Gasteiger partial charge < -0.3 is 0 Å². The lowest BCUT2D eigenvalue weighted by molar-refractivity contribution is -0.510. The molecular formula is C22H18N3O3+. The second-order valence-corrected chi connectivity index (χ2v) is 6.67. The van der Waals surface area contributed by atoms with E-state index in [9.17, 15) is 14.9 Å². The van der Waals surface area contributed by atoms with E-state index in [1.165, 1.54) is 12.1 Å². The molecule has 0 saturated carbocycles. The Morgan fingerprint density at radius 3 is 2.39 bits per heavy atom. The summed E-state index contributed by atoms with van der Waals surface area (Å²) in [5.41, 5.74) is 4.30. The summed E-state index contributed by atoms with van der Waals surface area (Å²) in [7, 11) is 0. The number of carbonyl (C=O) groups excluding carboxylic acids is 1. The maximum Gasteiger partial charge on any atom is 0.287 e. The normalized spacial score (nSPS) is 10.9. The lowest BCUT2D eigenvalue weighted by Gasteiger charge is -2.04. The van der Waals surface area contributed by atoms with Crippen LogP contribution in [0.1, 0.15) is 15.9 Å². The van der Waals surface area contributed by atoms with E-state index >= 15 is 0 Å². The van der Waals surface area contributed by atoms with Crippen LogP contribution in [0, 0.1) is 17.0 Å². The topological polar surface area (TPSA) is 69.2 Å². The monoisotopic (exact) mass is 372 g/mol. The summed E-state index contributed by atoms with van der Waals surface area (Å²) < 4.78 is 3.92. The number of carbonyl (C=O) groups is 1. The van der Waals surface area contributed by atoms with Crippen LogP contribution in [-0.2, 0) is 6.54 Å². The van der Waals surface area contributed by atoms with Gasteiger partial charge in [0, 0.05) is 29.3 Å². The van der Waals surface area contributed by atoms with Crippen molar-refractivity contribution in [1.29, 1.82) is 0 Å². The number of nitrogens with zero attached hydrogens (tertiary/aromatic N) is 3. The fourth-order valence-electron chi connectivity index (χ4n) is 3.29. The van der Waals surface area contributed by atoms with Gasteiger partial charge >= 0.3 is 0 Å². The summed E-state index contributed by atoms with van der Waals surface area (Å²) in [4.78, 5) is 23.4. The quantitative estimate of drug-likeness (QED) is 0.230. The molecule has 6 nitrogen and oxygen atoms in total. The number of aryl methyl sites for hydroxylation is 1. The number of ketones is 1. The zero-order valence-electron chi connectivity index (χ0n) is 15.3. The smallest absolute Gasteiger partial charge is 0.287 e. The van der Waals surface area contributed by atoms with Crippen molar-refractivity contribution in [1.82, 2.24) is 4.57 Å². The second kappa shape index (κ2) is 7.08. The molecule has 0 atom stereocenters. The predicted molar refractivity (Wildman–Crippen MR) is 105 cm³/mol. The molecule has 0 radical (unpaired) electrons. The van der Waals surface area contributed by atoms with E-state index in [0.29, 0.717) is 5.56 Å². The Labute approximate surface area is 161 Å². The van der Waals surface area contributed by atoms with Crippen LogP contribution in [-0.4, -0.2) is 15.3 Å². The van der Waals surface area contributed by atoms with Crippen molar-refractivity contribution in [3.8, 4) is 11.3 Å². The zero-order valence-corrected chi connectivity index (χ0v) is 15.3. The van der Waals surface area contributed by atoms with Crippen LogP contribution < -0.4 is 4.40 Å². The van der Waals surface area contributed by atoms with Gasteiger partial charge in [0.05, 0.1) is 11.1 Å². The Balaban J connectivity index is 1.82. The van der Waals surface area contributed by atoms with Crippen LogP contribution in [0.4, 0.5) is 5.69 Å². The number of non-ortho nitro benzene ring substituents is 1. The summed E-state index contributed by atoms with van der Waals surface area (Å²) in [6.07, 6.45) is 3.94. The molecule has 138 valence electrons. The van der Waals surface area contributed by atoms with E-state index < -0.39 is 4.92 Å². The minimum absolute atomic E-state index is 0.00226. The van der Waals surface area contributed by atoms with E-state index in [2.05, 4.69) is 0 Å². The number of hydrogen-bond acceptors (Lipinski definition) is 3. The number of fused-ring (bicyclic) bond motifs is 1. The Morgan fingerprint density at radius 1 is 1.00 bits per heavy atom. The van der Waals surface area contributed by atoms with Crippen LogP contribution in [0.5, 0.6) is 0 Å². The summed E-state index contributed by atoms with van der Waals surface area (Å²) in [6, 6.07) is 19.5. The Hall–Kier alpha value is -3.80. The van der Waals surface area contributed by atoms with Gasteiger partial charge in [-0.3, -0.25) is 14.9 Å². The van der Waals surface area contributed by atoms with Gasteiger partial charge in [-0.2, -0.15) is 0 Å². The molecule has 0 aliphatic carbocycles. The van der Waals surface area contributed by atoms with Crippen LogP contribution in [0.3, 0.4) is 0 Å². The molecule has 0 N–H and O–H groups in total. The van der Waals surface area contributed by atoms with Crippen molar-refractivity contribution in [2.45, 2.75) is 13.5 Å². The first-order chi connectivity index (χ1) is 13.5. The molecule has 0 amide bonds. The number of nitro groups is 1. The van der Waals surface area contributed by atoms with Gasteiger partial charge in [-0.1, -0.05) is 30.3 Å². The van der Waals surface area contributed by atoms with E-state index in [4.69, 9.17) is 0 Å². The van der Waals surface area contributed by atoms with Crippen molar-refractivity contribution >= 4 is 17.1 Å². The predicted octanol–water partition coefficient (Wildman–Crippen LogP) is 3.99.